The van der Waals surface area contributed by atoms with Crippen molar-refractivity contribution in [3.8, 4) is 0 Å². The van der Waals surface area contributed by atoms with Crippen molar-refractivity contribution in [2.75, 3.05) is 12.3 Å². The van der Waals surface area contributed by atoms with Gasteiger partial charge < -0.3 is 29.2 Å². The first-order valence-electron chi connectivity index (χ1n) is 9.07. The first-order valence-corrected chi connectivity index (χ1v) is 10.7. The molecule has 0 bridgehead atoms. The average Bonchev–Trinajstić information content (AvgIpc) is 3.16. The molecular formula is C16H25N5O6P-. The largest absolute Gasteiger partial charge is 0.778 e. The maximum Gasteiger partial charge on any atom is 0.280 e. The predicted molar refractivity (Wildman–Crippen MR) is 99.8 cm³/mol. The number of hydrogen-bond acceptors (Lipinski definition) is 9. The van der Waals surface area contributed by atoms with Crippen LogP contribution in [0.25, 0.3) is 11.2 Å². The molecule has 1 aliphatic rings. The molecule has 3 heterocycles. The second-order valence-corrected chi connectivity index (χ2v) is 9.62. The van der Waals surface area contributed by atoms with Crippen LogP contribution >= 0.6 is 7.60 Å². The number of imidazole rings is 1. The Kier molecular flexibility index (Phi) is 5.92. The molecule has 1 saturated heterocycles. The molecule has 0 spiro atoms. The molecule has 1 aliphatic heterocycles. The summed E-state index contributed by atoms with van der Waals surface area (Å²) in [5, 5.41) is 0. The monoisotopic (exact) mass is 414 g/mol. The van der Waals surface area contributed by atoms with Gasteiger partial charge in [-0.1, -0.05) is 13.8 Å². The lowest BCUT2D eigenvalue weighted by atomic mass is 10.2. The highest BCUT2D eigenvalue weighted by Crippen LogP contribution is 2.47. The van der Waals surface area contributed by atoms with Crippen LogP contribution in [0.1, 0.15) is 40.3 Å². The molecule has 11 nitrogen and oxygen atoms in total. The smallest absolute Gasteiger partial charge is 0.280 e. The van der Waals surface area contributed by atoms with Crippen molar-refractivity contribution in [3.05, 3.63) is 16.7 Å². The molecule has 0 radical (unpaired) electrons. The van der Waals surface area contributed by atoms with Gasteiger partial charge >= 0.3 is 0 Å². The molecule has 0 aliphatic carbocycles. The third-order valence-corrected chi connectivity index (χ3v) is 6.28. The van der Waals surface area contributed by atoms with E-state index < -0.39 is 37.2 Å². The van der Waals surface area contributed by atoms with Gasteiger partial charge in [-0.05, 0) is 13.8 Å². The van der Waals surface area contributed by atoms with Crippen molar-refractivity contribution in [1.29, 1.82) is 0 Å². The van der Waals surface area contributed by atoms with E-state index in [0.29, 0.717) is 0 Å². The normalized spacial score (nSPS) is 25.0. The van der Waals surface area contributed by atoms with Crippen molar-refractivity contribution in [1.82, 2.24) is 19.5 Å². The van der Waals surface area contributed by atoms with Crippen LogP contribution in [0, 0.1) is 0 Å². The van der Waals surface area contributed by atoms with E-state index in [9.17, 15) is 14.3 Å². The van der Waals surface area contributed by atoms with Crippen LogP contribution in [0.4, 0.5) is 5.95 Å². The van der Waals surface area contributed by atoms with E-state index in [4.69, 9.17) is 19.7 Å². The number of aromatic nitrogens is 4. The zero-order valence-corrected chi connectivity index (χ0v) is 17.1. The van der Waals surface area contributed by atoms with Crippen LogP contribution in [-0.4, -0.2) is 50.1 Å². The number of H-pyrrole nitrogens is 1. The number of aromatic amines is 1. The van der Waals surface area contributed by atoms with Crippen LogP contribution < -0.4 is 16.2 Å². The third kappa shape index (κ3) is 4.28. The number of hydrogen-bond donors (Lipinski definition) is 2. The summed E-state index contributed by atoms with van der Waals surface area (Å²) in [6, 6.07) is 0. The summed E-state index contributed by atoms with van der Waals surface area (Å²) in [6.45, 7) is 7.03. The summed E-state index contributed by atoms with van der Waals surface area (Å²) >= 11 is 0. The molecule has 28 heavy (non-hydrogen) atoms. The van der Waals surface area contributed by atoms with Gasteiger partial charge in [-0.25, -0.2) is 4.98 Å². The quantitative estimate of drug-likeness (QED) is 0.624. The van der Waals surface area contributed by atoms with Crippen LogP contribution in [-0.2, 0) is 18.6 Å². The van der Waals surface area contributed by atoms with Gasteiger partial charge in [0, 0.05) is 12.1 Å². The summed E-state index contributed by atoms with van der Waals surface area (Å²) in [5.41, 5.74) is 4.88. The molecule has 2 aromatic rings. The van der Waals surface area contributed by atoms with Gasteiger partial charge in [-0.15, -0.1) is 0 Å². The van der Waals surface area contributed by atoms with Crippen molar-refractivity contribution in [2.45, 2.75) is 64.3 Å². The highest BCUT2D eigenvalue weighted by molar-refractivity contribution is 7.52. The van der Waals surface area contributed by atoms with E-state index in [2.05, 4.69) is 15.0 Å². The first kappa shape index (κ1) is 20.9. The molecule has 4 atom stereocenters. The highest BCUT2D eigenvalue weighted by atomic mass is 31.2. The summed E-state index contributed by atoms with van der Waals surface area (Å²) in [4.78, 5) is 34.8. The van der Waals surface area contributed by atoms with E-state index >= 15 is 0 Å². The molecular weight excluding hydrogens is 389 g/mol. The highest BCUT2D eigenvalue weighted by Gasteiger charge is 2.40. The number of ether oxygens (including phenoxy) is 2. The fraction of sp³-hybridized carbons (Fsp3) is 0.688. The number of rotatable bonds is 7. The first-order chi connectivity index (χ1) is 13.1. The van der Waals surface area contributed by atoms with Gasteiger partial charge in [0.1, 0.15) is 19.9 Å². The van der Waals surface area contributed by atoms with Gasteiger partial charge in [0.15, 0.2) is 11.2 Å². The topological polar surface area (TPSA) is 157 Å². The van der Waals surface area contributed by atoms with Crippen LogP contribution in [0.5, 0.6) is 0 Å². The molecule has 156 valence electrons. The lowest BCUT2D eigenvalue weighted by Crippen LogP contribution is -2.32. The Morgan fingerprint density at radius 1 is 1.46 bits per heavy atom. The van der Waals surface area contributed by atoms with Gasteiger partial charge in [-0.2, -0.15) is 4.98 Å². The minimum atomic E-state index is -4.07. The number of nitrogens with one attached hydrogen (secondary N) is 1. The van der Waals surface area contributed by atoms with Gasteiger partial charge in [-0.3, -0.25) is 14.3 Å². The summed E-state index contributed by atoms with van der Waals surface area (Å²) in [6.07, 6.45) is -0.376. The van der Waals surface area contributed by atoms with E-state index in [-0.39, 0.29) is 36.2 Å². The Labute approximate surface area is 161 Å². The van der Waals surface area contributed by atoms with Crippen LogP contribution in [0.3, 0.4) is 0 Å². The van der Waals surface area contributed by atoms with Gasteiger partial charge in [0.05, 0.1) is 25.1 Å². The number of nitrogen functional groups attached to an aromatic ring is 1. The van der Waals surface area contributed by atoms with E-state index in [1.54, 1.807) is 18.4 Å². The standard InChI is InChI=1S/C16H26N5O6P/c1-8(2)25-6-11-10(27-28(23,24)9(3)4)5-12(26-11)21-7-18-13-14(21)19-16(17)20-15(13)22/h7-12H,5-6H2,1-4H3,(H,23,24)(H3,17,19,20,22)/p-1/t10-,11-,12-/m1/s1. The zero-order valence-electron chi connectivity index (χ0n) is 16.2. The molecule has 12 heteroatoms. The Balaban J connectivity index is 1.89. The lowest BCUT2D eigenvalue weighted by Gasteiger charge is -2.31. The Morgan fingerprint density at radius 3 is 2.82 bits per heavy atom. The second-order valence-electron chi connectivity index (χ2n) is 7.30. The maximum atomic E-state index is 12.3. The predicted octanol–water partition coefficient (Wildman–Crippen LogP) is 0.761. The number of nitrogens with two attached hydrogens (primary N) is 1. The van der Waals surface area contributed by atoms with E-state index in [1.165, 1.54) is 6.33 Å². The zero-order chi connectivity index (χ0) is 20.6. The Morgan fingerprint density at radius 2 is 2.18 bits per heavy atom. The van der Waals surface area contributed by atoms with Crippen molar-refractivity contribution in [3.63, 3.8) is 0 Å². The fourth-order valence-corrected chi connectivity index (χ4v) is 3.73. The number of nitrogens with zero attached hydrogens (tertiary/aromatic N) is 3. The van der Waals surface area contributed by atoms with Crippen LogP contribution in [0.2, 0.25) is 0 Å². The number of anilines is 1. The third-order valence-electron chi connectivity index (χ3n) is 4.45. The molecule has 3 N–H and O–H groups in total. The van der Waals surface area contributed by atoms with Gasteiger partial charge in [0.25, 0.3) is 5.56 Å². The minimum Gasteiger partial charge on any atom is -0.778 e. The molecule has 1 unspecified atom stereocenters. The molecule has 0 saturated carbocycles. The average molecular weight is 414 g/mol. The SMILES string of the molecule is CC(C)OC[C@H]1O[C@@H](n2cnc3c(=O)[nH]c(N)nc32)C[C@H]1OP(=O)([O-])C(C)C. The maximum absolute atomic E-state index is 12.3. The Bertz CT molecular complexity index is 941. The summed E-state index contributed by atoms with van der Waals surface area (Å²) in [5.74, 6) is -0.0476. The molecule has 2 aromatic heterocycles. The second kappa shape index (κ2) is 7.92. The Hall–Kier alpha value is -1.78. The summed E-state index contributed by atoms with van der Waals surface area (Å²) < 4.78 is 30.9. The van der Waals surface area contributed by atoms with Crippen molar-refractivity contribution < 1.29 is 23.5 Å². The van der Waals surface area contributed by atoms with Crippen molar-refractivity contribution >= 4 is 24.7 Å². The molecule has 1 fully saturated rings. The number of fused-ring (bicyclic) bond motifs is 1. The van der Waals surface area contributed by atoms with E-state index in [0.717, 1.165) is 0 Å². The molecule has 3 rings (SSSR count). The molecule has 0 aromatic carbocycles. The van der Waals surface area contributed by atoms with Gasteiger partial charge in [0.2, 0.25) is 5.95 Å². The minimum absolute atomic E-state index is 0.0476. The molecule has 0 amide bonds. The fourth-order valence-electron chi connectivity index (χ4n) is 2.88. The summed E-state index contributed by atoms with van der Waals surface area (Å²) in [7, 11) is -4.07. The lowest BCUT2D eigenvalue weighted by molar-refractivity contribution is -0.207. The van der Waals surface area contributed by atoms with Crippen molar-refractivity contribution in [2.24, 2.45) is 0 Å². The van der Waals surface area contributed by atoms with E-state index in [1.807, 2.05) is 13.8 Å². The van der Waals surface area contributed by atoms with Crippen LogP contribution in [0.15, 0.2) is 11.1 Å².